The van der Waals surface area contributed by atoms with E-state index in [1.54, 1.807) is 25.3 Å². The van der Waals surface area contributed by atoms with Crippen molar-refractivity contribution in [2.45, 2.75) is 6.92 Å². The van der Waals surface area contributed by atoms with E-state index in [4.69, 9.17) is 21.1 Å². The van der Waals surface area contributed by atoms with E-state index in [0.717, 1.165) is 11.1 Å². The maximum absolute atomic E-state index is 12.3. The molecular formula is C18H16ClNO3. The van der Waals surface area contributed by atoms with Crippen LogP contribution in [0.25, 0.3) is 11.6 Å². The Kier molecular flexibility index (Phi) is 4.26. The molecule has 2 aromatic carbocycles. The smallest absolute Gasteiger partial charge is 0.256 e. The molecule has 1 N–H and O–H groups in total. The SMILES string of the molecule is CCOc1cccc(/C=C2\C(=O)Nc3cc(Cl)ccc32)c1OC. The lowest BCUT2D eigenvalue weighted by molar-refractivity contribution is -0.110. The number of carbonyl (C=O) groups is 1. The van der Waals surface area contributed by atoms with Crippen molar-refractivity contribution >= 4 is 34.8 Å². The minimum Gasteiger partial charge on any atom is -0.492 e. The number of carbonyl (C=O) groups excluding carboxylic acids is 1. The summed E-state index contributed by atoms with van der Waals surface area (Å²) in [4.78, 5) is 12.3. The molecule has 1 heterocycles. The van der Waals surface area contributed by atoms with Gasteiger partial charge in [-0.2, -0.15) is 0 Å². The second kappa shape index (κ2) is 6.34. The zero-order valence-electron chi connectivity index (χ0n) is 12.9. The number of anilines is 1. The summed E-state index contributed by atoms with van der Waals surface area (Å²) in [6.45, 7) is 2.45. The molecule has 0 bridgehead atoms. The average Bonchev–Trinajstić information content (AvgIpc) is 2.83. The van der Waals surface area contributed by atoms with Crippen LogP contribution >= 0.6 is 11.6 Å². The number of amides is 1. The van der Waals surface area contributed by atoms with Crippen molar-refractivity contribution in [3.8, 4) is 11.5 Å². The lowest BCUT2D eigenvalue weighted by Gasteiger charge is -2.12. The van der Waals surface area contributed by atoms with Crippen molar-refractivity contribution in [3.05, 3.63) is 52.5 Å². The molecule has 0 saturated heterocycles. The fourth-order valence-corrected chi connectivity index (χ4v) is 2.77. The largest absolute Gasteiger partial charge is 0.492 e. The van der Waals surface area contributed by atoms with E-state index in [1.165, 1.54) is 0 Å². The van der Waals surface area contributed by atoms with Gasteiger partial charge in [-0.1, -0.05) is 29.8 Å². The van der Waals surface area contributed by atoms with Gasteiger partial charge in [-0.05, 0) is 31.2 Å². The third kappa shape index (κ3) is 2.90. The van der Waals surface area contributed by atoms with Crippen LogP contribution in [0.5, 0.6) is 11.5 Å². The van der Waals surface area contributed by atoms with Crippen molar-refractivity contribution < 1.29 is 14.3 Å². The highest BCUT2D eigenvalue weighted by Crippen LogP contribution is 2.38. The van der Waals surface area contributed by atoms with Crippen LogP contribution in [0.2, 0.25) is 5.02 Å². The van der Waals surface area contributed by atoms with Crippen LogP contribution in [0.15, 0.2) is 36.4 Å². The van der Waals surface area contributed by atoms with E-state index in [1.807, 2.05) is 31.2 Å². The van der Waals surface area contributed by atoms with E-state index in [9.17, 15) is 4.79 Å². The van der Waals surface area contributed by atoms with Gasteiger partial charge in [0.1, 0.15) is 0 Å². The molecule has 2 aromatic rings. The van der Waals surface area contributed by atoms with E-state index in [2.05, 4.69) is 5.32 Å². The van der Waals surface area contributed by atoms with E-state index < -0.39 is 0 Å². The fraction of sp³-hybridized carbons (Fsp3) is 0.167. The van der Waals surface area contributed by atoms with Crippen molar-refractivity contribution in [2.24, 2.45) is 0 Å². The molecule has 0 radical (unpaired) electrons. The summed E-state index contributed by atoms with van der Waals surface area (Å²) in [6.07, 6.45) is 1.80. The number of benzene rings is 2. The predicted molar refractivity (Wildman–Crippen MR) is 92.1 cm³/mol. The summed E-state index contributed by atoms with van der Waals surface area (Å²) in [7, 11) is 1.59. The van der Waals surface area contributed by atoms with Gasteiger partial charge in [-0.3, -0.25) is 4.79 Å². The second-order valence-corrected chi connectivity index (χ2v) is 5.45. The number of hydrogen-bond acceptors (Lipinski definition) is 3. The molecule has 0 fully saturated rings. The lowest BCUT2D eigenvalue weighted by Crippen LogP contribution is -2.04. The van der Waals surface area contributed by atoms with Crippen LogP contribution in [0.4, 0.5) is 5.69 Å². The summed E-state index contributed by atoms with van der Waals surface area (Å²) in [5.41, 5.74) is 2.90. The molecule has 1 aliphatic heterocycles. The van der Waals surface area contributed by atoms with Gasteiger partial charge < -0.3 is 14.8 Å². The van der Waals surface area contributed by atoms with E-state index >= 15 is 0 Å². The zero-order chi connectivity index (χ0) is 16.4. The highest BCUT2D eigenvalue weighted by atomic mass is 35.5. The predicted octanol–water partition coefficient (Wildman–Crippen LogP) is 4.24. The van der Waals surface area contributed by atoms with Gasteiger partial charge in [0.25, 0.3) is 5.91 Å². The highest BCUT2D eigenvalue weighted by Gasteiger charge is 2.24. The molecule has 0 saturated carbocycles. The first kappa shape index (κ1) is 15.4. The number of methoxy groups -OCH3 is 1. The molecule has 0 aliphatic carbocycles. The first-order valence-corrected chi connectivity index (χ1v) is 7.64. The quantitative estimate of drug-likeness (QED) is 0.853. The molecule has 1 amide bonds. The van der Waals surface area contributed by atoms with Crippen molar-refractivity contribution in [1.82, 2.24) is 0 Å². The topological polar surface area (TPSA) is 47.6 Å². The molecule has 3 rings (SSSR count). The van der Waals surface area contributed by atoms with Gasteiger partial charge >= 0.3 is 0 Å². The molecule has 0 spiro atoms. The molecule has 0 aromatic heterocycles. The van der Waals surface area contributed by atoms with Crippen molar-refractivity contribution in [1.29, 1.82) is 0 Å². The monoisotopic (exact) mass is 329 g/mol. The van der Waals surface area contributed by atoms with Gasteiger partial charge in [0.2, 0.25) is 0 Å². The maximum atomic E-state index is 12.3. The van der Waals surface area contributed by atoms with Gasteiger partial charge in [-0.15, -0.1) is 0 Å². The first-order chi connectivity index (χ1) is 11.1. The van der Waals surface area contributed by atoms with Crippen molar-refractivity contribution in [2.75, 3.05) is 19.0 Å². The number of nitrogens with one attached hydrogen (secondary N) is 1. The molecular weight excluding hydrogens is 314 g/mol. The average molecular weight is 330 g/mol. The standard InChI is InChI=1S/C18H16ClNO3/c1-3-23-16-6-4-5-11(17(16)22-2)9-14-13-8-7-12(19)10-15(13)20-18(14)21/h4-10H,3H2,1-2H3,(H,20,21)/b14-9-. The van der Waals surface area contributed by atoms with Gasteiger partial charge in [-0.25, -0.2) is 0 Å². The molecule has 23 heavy (non-hydrogen) atoms. The molecule has 4 nitrogen and oxygen atoms in total. The Morgan fingerprint density at radius 2 is 2.09 bits per heavy atom. The maximum Gasteiger partial charge on any atom is 0.256 e. The number of para-hydroxylation sites is 1. The van der Waals surface area contributed by atoms with Crippen molar-refractivity contribution in [3.63, 3.8) is 0 Å². The summed E-state index contributed by atoms with van der Waals surface area (Å²) in [5.74, 6) is 1.10. The summed E-state index contributed by atoms with van der Waals surface area (Å²) >= 11 is 5.97. The third-order valence-corrected chi connectivity index (χ3v) is 3.81. The number of ether oxygens (including phenoxy) is 2. The Balaban J connectivity index is 2.09. The number of hydrogen-bond donors (Lipinski definition) is 1. The van der Waals surface area contributed by atoms with Crippen LogP contribution in [0.3, 0.4) is 0 Å². The summed E-state index contributed by atoms with van der Waals surface area (Å²) in [6, 6.07) is 10.9. The van der Waals surface area contributed by atoms with Gasteiger partial charge in [0, 0.05) is 21.7 Å². The Labute approximate surface area is 139 Å². The third-order valence-electron chi connectivity index (χ3n) is 3.58. The summed E-state index contributed by atoms with van der Waals surface area (Å²) in [5, 5.41) is 3.41. The Morgan fingerprint density at radius 3 is 2.83 bits per heavy atom. The fourth-order valence-electron chi connectivity index (χ4n) is 2.60. The molecule has 5 heteroatoms. The number of fused-ring (bicyclic) bond motifs is 1. The van der Waals surface area contributed by atoms with Gasteiger partial charge in [0.05, 0.1) is 19.4 Å². The highest BCUT2D eigenvalue weighted by molar-refractivity contribution is 6.36. The molecule has 0 atom stereocenters. The Morgan fingerprint density at radius 1 is 1.26 bits per heavy atom. The molecule has 1 aliphatic rings. The minimum absolute atomic E-state index is 0.161. The van der Waals surface area contributed by atoms with Crippen LogP contribution < -0.4 is 14.8 Å². The second-order valence-electron chi connectivity index (χ2n) is 5.01. The van der Waals surface area contributed by atoms with Crippen LogP contribution in [-0.4, -0.2) is 19.6 Å². The normalized spacial score (nSPS) is 14.6. The minimum atomic E-state index is -0.161. The van der Waals surface area contributed by atoms with Gasteiger partial charge in [0.15, 0.2) is 11.5 Å². The van der Waals surface area contributed by atoms with Crippen LogP contribution in [-0.2, 0) is 4.79 Å². The number of halogens is 1. The Hall–Kier alpha value is -2.46. The first-order valence-electron chi connectivity index (χ1n) is 7.26. The van der Waals surface area contributed by atoms with Crippen LogP contribution in [0, 0.1) is 0 Å². The van der Waals surface area contributed by atoms with E-state index in [-0.39, 0.29) is 5.91 Å². The Bertz CT molecular complexity index is 799. The summed E-state index contributed by atoms with van der Waals surface area (Å²) < 4.78 is 11.0. The van der Waals surface area contributed by atoms with Crippen LogP contribution in [0.1, 0.15) is 18.1 Å². The molecule has 0 unspecified atom stereocenters. The molecule has 118 valence electrons. The number of rotatable bonds is 4. The van der Waals surface area contributed by atoms with E-state index in [0.29, 0.717) is 34.4 Å². The zero-order valence-corrected chi connectivity index (χ0v) is 13.6. The lowest BCUT2D eigenvalue weighted by atomic mass is 10.0.